The summed E-state index contributed by atoms with van der Waals surface area (Å²) in [5.74, 6) is -1.93. The van der Waals surface area contributed by atoms with Crippen LogP contribution in [-0.4, -0.2) is 44.2 Å². The minimum atomic E-state index is -1.38. The molecule has 1 amide bonds. The number of benzene rings is 1. The molecule has 2 aromatic rings. The number of fused-ring (bicyclic) bond motifs is 1. The van der Waals surface area contributed by atoms with Crippen LogP contribution >= 0.6 is 0 Å². The van der Waals surface area contributed by atoms with Crippen LogP contribution in [-0.2, 0) is 4.79 Å². The molecule has 0 unspecified atom stereocenters. The second-order valence-electron chi connectivity index (χ2n) is 4.26. The SMILES string of the molecule is C[C@@H](O)[C@H](NC(=O)c1cccc2nccnc12)C(=O)O. The Bertz CT molecular complexity index is 652. The highest BCUT2D eigenvalue weighted by molar-refractivity contribution is 6.05. The van der Waals surface area contributed by atoms with E-state index in [-0.39, 0.29) is 5.56 Å². The zero-order chi connectivity index (χ0) is 14.7. The average Bonchev–Trinajstić information content (AvgIpc) is 2.43. The summed E-state index contributed by atoms with van der Waals surface area (Å²) in [6.07, 6.45) is 1.74. The van der Waals surface area contributed by atoms with Gasteiger partial charge < -0.3 is 15.5 Å². The van der Waals surface area contributed by atoms with Crippen molar-refractivity contribution in [2.24, 2.45) is 0 Å². The van der Waals surface area contributed by atoms with Crippen LogP contribution in [0.5, 0.6) is 0 Å². The molecule has 0 saturated heterocycles. The number of carbonyl (C=O) groups is 2. The average molecular weight is 275 g/mol. The Labute approximate surface area is 114 Å². The molecule has 0 aliphatic rings. The monoisotopic (exact) mass is 275 g/mol. The third-order valence-electron chi connectivity index (χ3n) is 2.78. The number of carbonyl (C=O) groups excluding carboxylic acids is 1. The van der Waals surface area contributed by atoms with E-state index >= 15 is 0 Å². The van der Waals surface area contributed by atoms with Gasteiger partial charge in [0.2, 0.25) is 0 Å². The van der Waals surface area contributed by atoms with E-state index in [0.29, 0.717) is 11.0 Å². The molecule has 2 rings (SSSR count). The highest BCUT2D eigenvalue weighted by Gasteiger charge is 2.26. The topological polar surface area (TPSA) is 112 Å². The van der Waals surface area contributed by atoms with Gasteiger partial charge in [-0.2, -0.15) is 0 Å². The first kappa shape index (κ1) is 13.9. The minimum absolute atomic E-state index is 0.211. The Hall–Kier alpha value is -2.54. The Morgan fingerprint density at radius 3 is 2.60 bits per heavy atom. The Kier molecular flexibility index (Phi) is 3.90. The normalized spacial score (nSPS) is 13.7. The highest BCUT2D eigenvalue weighted by Crippen LogP contribution is 2.14. The molecule has 0 bridgehead atoms. The van der Waals surface area contributed by atoms with E-state index in [2.05, 4.69) is 15.3 Å². The van der Waals surface area contributed by atoms with Gasteiger partial charge in [0, 0.05) is 12.4 Å². The van der Waals surface area contributed by atoms with Crippen molar-refractivity contribution in [3.63, 3.8) is 0 Å². The predicted octanol–water partition coefficient (Wildman–Crippen LogP) is 0.194. The van der Waals surface area contributed by atoms with Crippen molar-refractivity contribution in [1.29, 1.82) is 0 Å². The van der Waals surface area contributed by atoms with E-state index in [4.69, 9.17) is 5.11 Å². The summed E-state index contributed by atoms with van der Waals surface area (Å²) in [6.45, 7) is 1.29. The van der Waals surface area contributed by atoms with Crippen LogP contribution < -0.4 is 5.32 Å². The van der Waals surface area contributed by atoms with Crippen molar-refractivity contribution in [2.45, 2.75) is 19.1 Å². The van der Waals surface area contributed by atoms with Crippen molar-refractivity contribution < 1.29 is 19.8 Å². The van der Waals surface area contributed by atoms with E-state index in [1.165, 1.54) is 25.4 Å². The van der Waals surface area contributed by atoms with Gasteiger partial charge in [-0.3, -0.25) is 14.8 Å². The number of aliphatic hydroxyl groups excluding tert-OH is 1. The molecule has 1 aromatic carbocycles. The van der Waals surface area contributed by atoms with Crippen LogP contribution in [0.25, 0.3) is 11.0 Å². The molecule has 2 atom stereocenters. The molecule has 0 saturated carbocycles. The van der Waals surface area contributed by atoms with Gasteiger partial charge in [-0.25, -0.2) is 4.79 Å². The van der Waals surface area contributed by atoms with Gasteiger partial charge in [-0.05, 0) is 19.1 Å². The summed E-state index contributed by atoms with van der Waals surface area (Å²) in [5.41, 5.74) is 1.12. The molecule has 3 N–H and O–H groups in total. The summed E-state index contributed by atoms with van der Waals surface area (Å²) in [5, 5.41) is 20.6. The van der Waals surface area contributed by atoms with Gasteiger partial charge in [0.15, 0.2) is 6.04 Å². The van der Waals surface area contributed by atoms with E-state index < -0.39 is 24.0 Å². The van der Waals surface area contributed by atoms with Crippen LogP contribution in [0, 0.1) is 0 Å². The molecule has 0 aliphatic carbocycles. The van der Waals surface area contributed by atoms with Gasteiger partial charge in [-0.15, -0.1) is 0 Å². The lowest BCUT2D eigenvalue weighted by Crippen LogP contribution is -2.47. The summed E-state index contributed by atoms with van der Waals surface area (Å²) in [4.78, 5) is 31.2. The van der Waals surface area contributed by atoms with Gasteiger partial charge in [0.25, 0.3) is 5.91 Å². The standard InChI is InChI=1S/C13H13N3O4/c1-7(17)10(13(19)20)16-12(18)8-3-2-4-9-11(8)15-6-5-14-9/h2-7,10,17H,1H3,(H,16,18)(H,19,20)/t7-,10+/m1/s1. The van der Waals surface area contributed by atoms with Gasteiger partial charge in [0.05, 0.1) is 17.2 Å². The molecule has 104 valence electrons. The molecule has 0 spiro atoms. The van der Waals surface area contributed by atoms with Crippen molar-refractivity contribution in [2.75, 3.05) is 0 Å². The van der Waals surface area contributed by atoms with Gasteiger partial charge in [0.1, 0.15) is 5.52 Å². The van der Waals surface area contributed by atoms with Gasteiger partial charge in [-0.1, -0.05) is 6.07 Å². The fourth-order valence-electron chi connectivity index (χ4n) is 1.78. The lowest BCUT2D eigenvalue weighted by molar-refractivity contribution is -0.141. The third kappa shape index (κ3) is 2.72. The number of nitrogens with one attached hydrogen (secondary N) is 1. The minimum Gasteiger partial charge on any atom is -0.480 e. The highest BCUT2D eigenvalue weighted by atomic mass is 16.4. The number of hydrogen-bond acceptors (Lipinski definition) is 5. The number of hydrogen-bond donors (Lipinski definition) is 3. The van der Waals surface area contributed by atoms with E-state index in [1.54, 1.807) is 12.1 Å². The molecule has 1 aromatic heterocycles. The number of carboxylic acid groups (broad SMARTS) is 1. The molecule has 7 heteroatoms. The summed E-state index contributed by atoms with van der Waals surface area (Å²) < 4.78 is 0. The number of nitrogens with zero attached hydrogens (tertiary/aromatic N) is 2. The Morgan fingerprint density at radius 2 is 1.95 bits per heavy atom. The molecule has 0 radical (unpaired) electrons. The number of aromatic nitrogens is 2. The molecule has 0 fully saturated rings. The first-order chi connectivity index (χ1) is 9.50. The van der Waals surface area contributed by atoms with E-state index in [1.807, 2.05) is 0 Å². The summed E-state index contributed by atoms with van der Waals surface area (Å²) in [7, 11) is 0. The van der Waals surface area contributed by atoms with Crippen molar-refractivity contribution in [1.82, 2.24) is 15.3 Å². The molecule has 0 aliphatic heterocycles. The third-order valence-corrected chi connectivity index (χ3v) is 2.78. The molecule has 1 heterocycles. The van der Waals surface area contributed by atoms with Crippen LogP contribution in [0.2, 0.25) is 0 Å². The number of carboxylic acids is 1. The van der Waals surface area contributed by atoms with Gasteiger partial charge >= 0.3 is 5.97 Å². The number of aliphatic hydroxyl groups is 1. The van der Waals surface area contributed by atoms with E-state index in [9.17, 15) is 14.7 Å². The van der Waals surface area contributed by atoms with Crippen LogP contribution in [0.4, 0.5) is 0 Å². The zero-order valence-corrected chi connectivity index (χ0v) is 10.6. The number of para-hydroxylation sites is 1. The number of amides is 1. The summed E-state index contributed by atoms with van der Waals surface area (Å²) >= 11 is 0. The van der Waals surface area contributed by atoms with Crippen LogP contribution in [0.1, 0.15) is 17.3 Å². The Morgan fingerprint density at radius 1 is 1.25 bits per heavy atom. The maximum Gasteiger partial charge on any atom is 0.328 e. The van der Waals surface area contributed by atoms with Crippen molar-refractivity contribution >= 4 is 22.9 Å². The zero-order valence-electron chi connectivity index (χ0n) is 10.6. The molecule has 7 nitrogen and oxygen atoms in total. The first-order valence-electron chi connectivity index (χ1n) is 5.92. The largest absolute Gasteiger partial charge is 0.480 e. The fourth-order valence-corrected chi connectivity index (χ4v) is 1.78. The smallest absolute Gasteiger partial charge is 0.328 e. The predicted molar refractivity (Wildman–Crippen MR) is 70.1 cm³/mol. The lowest BCUT2D eigenvalue weighted by atomic mass is 10.1. The Balaban J connectivity index is 2.34. The summed E-state index contributed by atoms with van der Waals surface area (Å²) in [6, 6.07) is 3.47. The van der Waals surface area contributed by atoms with Crippen molar-refractivity contribution in [3.05, 3.63) is 36.2 Å². The molecular formula is C13H13N3O4. The fraction of sp³-hybridized carbons (Fsp3) is 0.231. The second kappa shape index (κ2) is 5.62. The maximum absolute atomic E-state index is 12.1. The second-order valence-corrected chi connectivity index (χ2v) is 4.26. The van der Waals surface area contributed by atoms with Crippen LogP contribution in [0.15, 0.2) is 30.6 Å². The maximum atomic E-state index is 12.1. The number of aliphatic carboxylic acids is 1. The lowest BCUT2D eigenvalue weighted by Gasteiger charge is -2.17. The van der Waals surface area contributed by atoms with Crippen molar-refractivity contribution in [3.8, 4) is 0 Å². The quantitative estimate of drug-likeness (QED) is 0.734. The molecule has 20 heavy (non-hydrogen) atoms. The number of rotatable bonds is 4. The van der Waals surface area contributed by atoms with Crippen LogP contribution in [0.3, 0.4) is 0 Å². The van der Waals surface area contributed by atoms with E-state index in [0.717, 1.165) is 0 Å². The first-order valence-corrected chi connectivity index (χ1v) is 5.92. The molecular weight excluding hydrogens is 262 g/mol.